The van der Waals surface area contributed by atoms with Crippen LogP contribution in [0.2, 0.25) is 0 Å². The minimum atomic E-state index is -0.250. The average molecular weight is 271 g/mol. The van der Waals surface area contributed by atoms with Crippen LogP contribution in [0.15, 0.2) is 36.5 Å². The molecule has 0 radical (unpaired) electrons. The highest BCUT2D eigenvalue weighted by Crippen LogP contribution is 2.24. The molecule has 1 heterocycles. The zero-order chi connectivity index (χ0) is 15.0. The number of aryl methyl sites for hydroxylation is 2. The molecule has 20 heavy (non-hydrogen) atoms. The van der Waals surface area contributed by atoms with Crippen LogP contribution in [0.4, 0.5) is 0 Å². The number of benzene rings is 1. The number of carboxylic acid groups (broad SMARTS) is 1. The predicted molar refractivity (Wildman–Crippen MR) is 81.8 cm³/mol. The maximum Gasteiger partial charge on any atom is 0.290 e. The summed E-state index contributed by atoms with van der Waals surface area (Å²) in [5.74, 6) is 0. The zero-order valence-corrected chi connectivity index (χ0v) is 12.3. The van der Waals surface area contributed by atoms with Gasteiger partial charge in [-0.3, -0.25) is 9.78 Å². The summed E-state index contributed by atoms with van der Waals surface area (Å²) in [6.07, 6.45) is 4.25. The van der Waals surface area contributed by atoms with Crippen molar-refractivity contribution in [3.8, 4) is 11.1 Å². The van der Waals surface area contributed by atoms with Gasteiger partial charge in [-0.05, 0) is 48.6 Å². The molecular weight excluding hydrogens is 250 g/mol. The van der Waals surface area contributed by atoms with Crippen molar-refractivity contribution in [2.24, 2.45) is 0 Å². The summed E-state index contributed by atoms with van der Waals surface area (Å²) < 4.78 is 0. The molecule has 0 amide bonds. The summed E-state index contributed by atoms with van der Waals surface area (Å²) in [6.45, 7) is 6.16. The first-order chi connectivity index (χ1) is 9.63. The lowest BCUT2D eigenvalue weighted by molar-refractivity contribution is -0.122. The van der Waals surface area contributed by atoms with Gasteiger partial charge in [0, 0.05) is 11.9 Å². The van der Waals surface area contributed by atoms with Crippen LogP contribution in [0, 0.1) is 13.8 Å². The largest absolute Gasteiger partial charge is 0.483 e. The first-order valence-electron chi connectivity index (χ1n) is 6.73. The third-order valence-corrected chi connectivity index (χ3v) is 3.26. The summed E-state index contributed by atoms with van der Waals surface area (Å²) in [5, 5.41) is 6.89. The van der Waals surface area contributed by atoms with Crippen LogP contribution in [0.5, 0.6) is 0 Å². The number of nitrogens with zero attached hydrogens (tertiary/aromatic N) is 1. The number of aromatic nitrogens is 1. The molecule has 0 unspecified atom stereocenters. The summed E-state index contributed by atoms with van der Waals surface area (Å²) in [7, 11) is 0. The molecule has 0 bridgehead atoms. The van der Waals surface area contributed by atoms with Crippen LogP contribution in [0.25, 0.3) is 11.1 Å². The van der Waals surface area contributed by atoms with Gasteiger partial charge in [0.15, 0.2) is 0 Å². The lowest BCUT2D eigenvalue weighted by Crippen LogP contribution is -1.91. The maximum atomic E-state index is 8.36. The van der Waals surface area contributed by atoms with Crippen LogP contribution in [-0.2, 0) is 11.2 Å². The Morgan fingerprint density at radius 1 is 1.15 bits per heavy atom. The molecule has 1 aromatic carbocycles. The molecule has 0 fully saturated rings. The molecule has 0 aliphatic heterocycles. The fourth-order valence-electron chi connectivity index (χ4n) is 2.09. The maximum absolute atomic E-state index is 8.36. The summed E-state index contributed by atoms with van der Waals surface area (Å²) in [4.78, 5) is 12.7. The standard InChI is InChI=1S/C16H19N.CH2O2/c1-4-5-14-6-8-15(9-7-14)16-10-11-17-13(3)12(16)2;2-1-3/h6-11H,4-5H2,1-3H3;1H,(H,2,3). The smallest absolute Gasteiger partial charge is 0.290 e. The molecule has 0 aliphatic carbocycles. The Labute approximate surface area is 120 Å². The van der Waals surface area contributed by atoms with Crippen LogP contribution < -0.4 is 0 Å². The Balaban J connectivity index is 0.000000612. The van der Waals surface area contributed by atoms with Crippen LogP contribution >= 0.6 is 0 Å². The predicted octanol–water partition coefficient (Wildman–Crippen LogP) is 4.02. The molecule has 3 nitrogen and oxygen atoms in total. The number of carbonyl (C=O) groups is 1. The van der Waals surface area contributed by atoms with E-state index in [2.05, 4.69) is 56.1 Å². The van der Waals surface area contributed by atoms with Crippen molar-refractivity contribution in [2.75, 3.05) is 0 Å². The number of pyridine rings is 1. The van der Waals surface area contributed by atoms with Gasteiger partial charge in [-0.25, -0.2) is 0 Å². The summed E-state index contributed by atoms with van der Waals surface area (Å²) in [6, 6.07) is 11.0. The monoisotopic (exact) mass is 271 g/mol. The van der Waals surface area contributed by atoms with Crippen molar-refractivity contribution >= 4 is 6.47 Å². The number of rotatable bonds is 3. The first-order valence-corrected chi connectivity index (χ1v) is 6.73. The Morgan fingerprint density at radius 3 is 2.30 bits per heavy atom. The van der Waals surface area contributed by atoms with E-state index in [1.807, 2.05) is 6.20 Å². The van der Waals surface area contributed by atoms with Crippen molar-refractivity contribution in [1.82, 2.24) is 4.98 Å². The minimum Gasteiger partial charge on any atom is -0.483 e. The second kappa shape index (κ2) is 8.10. The SMILES string of the molecule is CCCc1ccc(-c2ccnc(C)c2C)cc1.O=CO. The third-order valence-electron chi connectivity index (χ3n) is 3.26. The Hall–Kier alpha value is -2.16. The molecule has 106 valence electrons. The molecule has 2 aromatic rings. The lowest BCUT2D eigenvalue weighted by atomic mass is 9.98. The summed E-state index contributed by atoms with van der Waals surface area (Å²) >= 11 is 0. The molecule has 2 rings (SSSR count). The fourth-order valence-corrected chi connectivity index (χ4v) is 2.09. The van der Waals surface area contributed by atoms with E-state index in [0.717, 1.165) is 12.1 Å². The zero-order valence-electron chi connectivity index (χ0n) is 12.3. The normalized spacial score (nSPS) is 9.55. The van der Waals surface area contributed by atoms with E-state index in [4.69, 9.17) is 9.90 Å². The van der Waals surface area contributed by atoms with Gasteiger partial charge < -0.3 is 5.11 Å². The van der Waals surface area contributed by atoms with E-state index in [0.29, 0.717) is 0 Å². The fraction of sp³-hybridized carbons (Fsp3) is 0.294. The minimum absolute atomic E-state index is 0.250. The van der Waals surface area contributed by atoms with Crippen LogP contribution in [0.1, 0.15) is 30.2 Å². The van der Waals surface area contributed by atoms with E-state index in [-0.39, 0.29) is 6.47 Å². The number of hydrogen-bond donors (Lipinski definition) is 1. The second-order valence-electron chi connectivity index (χ2n) is 4.62. The van der Waals surface area contributed by atoms with E-state index in [1.165, 1.54) is 28.7 Å². The molecule has 0 saturated carbocycles. The van der Waals surface area contributed by atoms with Gasteiger partial charge in [0.2, 0.25) is 0 Å². The van der Waals surface area contributed by atoms with Crippen molar-refractivity contribution in [2.45, 2.75) is 33.6 Å². The van der Waals surface area contributed by atoms with E-state index < -0.39 is 0 Å². The Bertz CT molecular complexity index is 547. The molecular formula is C17H21NO2. The van der Waals surface area contributed by atoms with Crippen LogP contribution in [0.3, 0.4) is 0 Å². The van der Waals surface area contributed by atoms with Gasteiger partial charge >= 0.3 is 0 Å². The van der Waals surface area contributed by atoms with Gasteiger partial charge in [-0.1, -0.05) is 37.6 Å². The molecule has 1 aromatic heterocycles. The quantitative estimate of drug-likeness (QED) is 0.858. The van der Waals surface area contributed by atoms with E-state index in [1.54, 1.807) is 0 Å². The molecule has 0 aliphatic rings. The average Bonchev–Trinajstić information content (AvgIpc) is 2.44. The van der Waals surface area contributed by atoms with Crippen molar-refractivity contribution in [1.29, 1.82) is 0 Å². The Kier molecular flexibility index (Phi) is 6.44. The molecule has 0 saturated heterocycles. The highest BCUT2D eigenvalue weighted by molar-refractivity contribution is 5.67. The van der Waals surface area contributed by atoms with E-state index >= 15 is 0 Å². The van der Waals surface area contributed by atoms with Crippen LogP contribution in [-0.4, -0.2) is 16.6 Å². The Morgan fingerprint density at radius 2 is 1.75 bits per heavy atom. The second-order valence-corrected chi connectivity index (χ2v) is 4.62. The first kappa shape index (κ1) is 15.9. The third kappa shape index (κ3) is 4.19. The molecule has 0 spiro atoms. The molecule has 1 N–H and O–H groups in total. The summed E-state index contributed by atoms with van der Waals surface area (Å²) in [5.41, 5.74) is 6.38. The van der Waals surface area contributed by atoms with Gasteiger partial charge in [0.05, 0.1) is 0 Å². The van der Waals surface area contributed by atoms with Gasteiger partial charge in [-0.2, -0.15) is 0 Å². The highest BCUT2D eigenvalue weighted by Gasteiger charge is 2.04. The van der Waals surface area contributed by atoms with E-state index in [9.17, 15) is 0 Å². The van der Waals surface area contributed by atoms with Gasteiger partial charge in [0.25, 0.3) is 6.47 Å². The van der Waals surface area contributed by atoms with Crippen molar-refractivity contribution in [3.05, 3.63) is 53.3 Å². The van der Waals surface area contributed by atoms with Crippen molar-refractivity contribution in [3.63, 3.8) is 0 Å². The molecule has 3 heteroatoms. The highest BCUT2D eigenvalue weighted by atomic mass is 16.3. The van der Waals surface area contributed by atoms with Gasteiger partial charge in [0.1, 0.15) is 0 Å². The van der Waals surface area contributed by atoms with Gasteiger partial charge in [-0.15, -0.1) is 0 Å². The van der Waals surface area contributed by atoms with Crippen molar-refractivity contribution < 1.29 is 9.90 Å². The lowest BCUT2D eigenvalue weighted by Gasteiger charge is -2.08. The topological polar surface area (TPSA) is 50.2 Å². The molecule has 0 atom stereocenters. The number of hydrogen-bond acceptors (Lipinski definition) is 2.